The van der Waals surface area contributed by atoms with Crippen LogP contribution in [0.2, 0.25) is 0 Å². The molecule has 0 aliphatic heterocycles. The molecule has 14 heavy (non-hydrogen) atoms. The molecule has 2 unspecified atom stereocenters. The monoisotopic (exact) mass is 204 g/mol. The molecule has 0 aromatic heterocycles. The summed E-state index contributed by atoms with van der Waals surface area (Å²) in [7, 11) is 2.79. The molecule has 0 spiro atoms. The van der Waals surface area contributed by atoms with Gasteiger partial charge in [-0.1, -0.05) is 0 Å². The average Bonchev–Trinajstić information content (AvgIpc) is 2.01. The first-order valence-corrected chi connectivity index (χ1v) is 4.01. The van der Waals surface area contributed by atoms with E-state index in [0.29, 0.717) is 0 Å². The molecule has 0 fully saturated rings. The van der Waals surface area contributed by atoms with Gasteiger partial charge in [0.1, 0.15) is 0 Å². The molecule has 0 saturated heterocycles. The minimum atomic E-state index is -2.30. The van der Waals surface area contributed by atoms with Gasteiger partial charge in [-0.05, 0) is 13.8 Å². The highest BCUT2D eigenvalue weighted by atomic mass is 16.4. The Morgan fingerprint density at radius 3 is 1.71 bits per heavy atom. The highest BCUT2D eigenvalue weighted by Gasteiger charge is 2.52. The summed E-state index contributed by atoms with van der Waals surface area (Å²) < 4.78 is 0. The van der Waals surface area contributed by atoms with Crippen molar-refractivity contribution < 1.29 is 19.8 Å². The molecule has 0 radical (unpaired) electrons. The van der Waals surface area contributed by atoms with Gasteiger partial charge in [-0.2, -0.15) is 0 Å². The SMILES string of the molecule is CN(C)C(=O)C(C)(O)C(C)(O)C(N)=O. The normalized spacial score (nSPS) is 19.3. The molecule has 4 N–H and O–H groups in total. The van der Waals surface area contributed by atoms with Gasteiger partial charge in [-0.3, -0.25) is 9.59 Å². The fourth-order valence-corrected chi connectivity index (χ4v) is 0.884. The van der Waals surface area contributed by atoms with Gasteiger partial charge < -0.3 is 20.8 Å². The van der Waals surface area contributed by atoms with Crippen molar-refractivity contribution in [3.8, 4) is 0 Å². The zero-order valence-corrected chi connectivity index (χ0v) is 8.74. The van der Waals surface area contributed by atoms with E-state index in [-0.39, 0.29) is 0 Å². The van der Waals surface area contributed by atoms with Gasteiger partial charge in [-0.15, -0.1) is 0 Å². The summed E-state index contributed by atoms with van der Waals surface area (Å²) in [6.45, 7) is 2.04. The summed E-state index contributed by atoms with van der Waals surface area (Å²) in [5, 5.41) is 19.3. The van der Waals surface area contributed by atoms with Crippen LogP contribution < -0.4 is 5.73 Å². The number of hydrogen-bond donors (Lipinski definition) is 3. The number of rotatable bonds is 3. The molecule has 6 nitrogen and oxygen atoms in total. The molecule has 0 bridgehead atoms. The smallest absolute Gasteiger partial charge is 0.257 e. The van der Waals surface area contributed by atoms with Crippen molar-refractivity contribution >= 4 is 11.8 Å². The first kappa shape index (κ1) is 12.9. The van der Waals surface area contributed by atoms with E-state index in [4.69, 9.17) is 5.73 Å². The summed E-state index contributed by atoms with van der Waals surface area (Å²) in [6, 6.07) is 0. The van der Waals surface area contributed by atoms with Crippen molar-refractivity contribution in [1.29, 1.82) is 0 Å². The van der Waals surface area contributed by atoms with E-state index in [0.717, 1.165) is 18.7 Å². The van der Waals surface area contributed by atoms with Crippen LogP contribution in [0.5, 0.6) is 0 Å². The predicted octanol–water partition coefficient (Wildman–Crippen LogP) is -1.94. The molecule has 2 amide bonds. The minimum Gasteiger partial charge on any atom is -0.377 e. The van der Waals surface area contributed by atoms with Crippen LogP contribution in [0.1, 0.15) is 13.8 Å². The summed E-state index contributed by atoms with van der Waals surface area (Å²) in [5.41, 5.74) is 0.344. The first-order valence-electron chi connectivity index (χ1n) is 4.01. The third kappa shape index (κ3) is 1.85. The number of aliphatic hydroxyl groups is 2. The lowest BCUT2D eigenvalue weighted by atomic mass is 9.84. The molecule has 82 valence electrons. The van der Waals surface area contributed by atoms with E-state index in [1.54, 1.807) is 0 Å². The second kappa shape index (κ2) is 3.55. The quantitative estimate of drug-likeness (QED) is 0.497. The molecule has 0 aliphatic carbocycles. The largest absolute Gasteiger partial charge is 0.377 e. The summed E-state index contributed by atoms with van der Waals surface area (Å²) in [6.07, 6.45) is 0. The molecule has 0 heterocycles. The second-order valence-corrected chi connectivity index (χ2v) is 3.71. The number of carbonyl (C=O) groups is 2. The Bertz CT molecular complexity index is 258. The van der Waals surface area contributed by atoms with Crippen molar-refractivity contribution in [3.05, 3.63) is 0 Å². The van der Waals surface area contributed by atoms with Crippen LogP contribution in [-0.2, 0) is 9.59 Å². The zero-order chi connectivity index (χ0) is 11.7. The van der Waals surface area contributed by atoms with E-state index < -0.39 is 23.0 Å². The predicted molar refractivity (Wildman–Crippen MR) is 49.1 cm³/mol. The van der Waals surface area contributed by atoms with E-state index in [1.807, 2.05) is 0 Å². The summed E-state index contributed by atoms with van der Waals surface area (Å²) in [5.74, 6) is -1.95. The van der Waals surface area contributed by atoms with Gasteiger partial charge >= 0.3 is 0 Å². The lowest BCUT2D eigenvalue weighted by Gasteiger charge is -2.36. The molecule has 0 rings (SSSR count). The Hall–Kier alpha value is -1.14. The molecule has 0 saturated carbocycles. The molecular weight excluding hydrogens is 188 g/mol. The molecule has 6 heteroatoms. The number of nitrogens with two attached hydrogens (primary N) is 1. The van der Waals surface area contributed by atoms with Crippen LogP contribution in [0, 0.1) is 0 Å². The van der Waals surface area contributed by atoms with Crippen molar-refractivity contribution in [3.63, 3.8) is 0 Å². The van der Waals surface area contributed by atoms with Gasteiger partial charge in [0.15, 0.2) is 11.2 Å². The van der Waals surface area contributed by atoms with Crippen molar-refractivity contribution in [2.24, 2.45) is 5.73 Å². The van der Waals surface area contributed by atoms with Gasteiger partial charge in [0, 0.05) is 14.1 Å². The fraction of sp³-hybridized carbons (Fsp3) is 0.750. The van der Waals surface area contributed by atoms with E-state index in [9.17, 15) is 19.8 Å². The summed E-state index contributed by atoms with van der Waals surface area (Å²) >= 11 is 0. The molecule has 0 aromatic carbocycles. The maximum Gasteiger partial charge on any atom is 0.257 e. The standard InChI is InChI=1S/C8H16N2O4/c1-7(13,5(9)11)8(2,14)6(12)10(3)4/h13-14H,1-4H3,(H2,9,11). The highest BCUT2D eigenvalue weighted by Crippen LogP contribution is 2.23. The lowest BCUT2D eigenvalue weighted by molar-refractivity contribution is -0.181. The van der Waals surface area contributed by atoms with Crippen molar-refractivity contribution in [1.82, 2.24) is 4.90 Å². The van der Waals surface area contributed by atoms with Crippen LogP contribution in [0.25, 0.3) is 0 Å². The number of likely N-dealkylation sites (N-methyl/N-ethyl adjacent to an activating group) is 1. The molecular formula is C8H16N2O4. The van der Waals surface area contributed by atoms with Gasteiger partial charge in [0.25, 0.3) is 11.8 Å². The van der Waals surface area contributed by atoms with Crippen LogP contribution in [0.15, 0.2) is 0 Å². The van der Waals surface area contributed by atoms with Crippen molar-refractivity contribution in [2.75, 3.05) is 14.1 Å². The number of nitrogens with zero attached hydrogens (tertiary/aromatic N) is 1. The number of primary amides is 1. The van der Waals surface area contributed by atoms with E-state index >= 15 is 0 Å². The van der Waals surface area contributed by atoms with Crippen LogP contribution in [-0.4, -0.2) is 52.2 Å². The topological polar surface area (TPSA) is 104 Å². The van der Waals surface area contributed by atoms with Gasteiger partial charge in [0.2, 0.25) is 0 Å². The maximum absolute atomic E-state index is 11.4. The zero-order valence-electron chi connectivity index (χ0n) is 8.74. The number of hydrogen-bond acceptors (Lipinski definition) is 4. The van der Waals surface area contributed by atoms with Crippen LogP contribution in [0.3, 0.4) is 0 Å². The van der Waals surface area contributed by atoms with E-state index in [2.05, 4.69) is 0 Å². The average molecular weight is 204 g/mol. The Morgan fingerprint density at radius 1 is 1.14 bits per heavy atom. The maximum atomic E-state index is 11.4. The van der Waals surface area contributed by atoms with Crippen molar-refractivity contribution in [2.45, 2.75) is 25.0 Å². The first-order chi connectivity index (χ1) is 6.05. The number of amides is 2. The van der Waals surface area contributed by atoms with Crippen LogP contribution in [0.4, 0.5) is 0 Å². The van der Waals surface area contributed by atoms with Gasteiger partial charge in [0.05, 0.1) is 0 Å². The van der Waals surface area contributed by atoms with E-state index in [1.165, 1.54) is 14.1 Å². The molecule has 0 aromatic rings. The minimum absolute atomic E-state index is 0.790. The second-order valence-electron chi connectivity index (χ2n) is 3.71. The van der Waals surface area contributed by atoms with Crippen LogP contribution >= 0.6 is 0 Å². The third-order valence-corrected chi connectivity index (χ3v) is 2.25. The summed E-state index contributed by atoms with van der Waals surface area (Å²) in [4.78, 5) is 23.3. The molecule has 2 atom stereocenters. The fourth-order valence-electron chi connectivity index (χ4n) is 0.884. The Morgan fingerprint density at radius 2 is 1.50 bits per heavy atom. The third-order valence-electron chi connectivity index (χ3n) is 2.25. The molecule has 0 aliphatic rings. The highest BCUT2D eigenvalue weighted by molar-refractivity contribution is 5.95. The van der Waals surface area contributed by atoms with Gasteiger partial charge in [-0.25, -0.2) is 0 Å². The lowest BCUT2D eigenvalue weighted by Crippen LogP contribution is -2.64. The number of carbonyl (C=O) groups excluding carboxylic acids is 2. The Labute approximate surface area is 82.3 Å². The Kier molecular flexibility index (Phi) is 3.26. The Balaban J connectivity index is 5.14.